The van der Waals surface area contributed by atoms with Crippen LogP contribution in [0.15, 0.2) is 24.3 Å². The van der Waals surface area contributed by atoms with Crippen molar-refractivity contribution in [2.24, 2.45) is 5.92 Å². The Morgan fingerprint density at radius 1 is 1.42 bits per heavy atom. The molecule has 0 saturated carbocycles. The molecule has 19 heavy (non-hydrogen) atoms. The molecule has 0 bridgehead atoms. The van der Waals surface area contributed by atoms with Gasteiger partial charge in [0.1, 0.15) is 5.92 Å². The molecule has 102 valence electrons. The Labute approximate surface area is 114 Å². The number of hydrogen-bond donors (Lipinski definition) is 3. The van der Waals surface area contributed by atoms with Crippen LogP contribution in [0.25, 0.3) is 0 Å². The number of nitrogens with one attached hydrogen (secondary N) is 2. The van der Waals surface area contributed by atoms with Gasteiger partial charge in [0.2, 0.25) is 5.91 Å². The zero-order valence-electron chi connectivity index (χ0n) is 9.93. The van der Waals surface area contributed by atoms with E-state index in [1.807, 2.05) is 0 Å². The first-order valence-corrected chi connectivity index (χ1v) is 6.14. The lowest BCUT2D eigenvalue weighted by atomic mass is 9.95. The van der Waals surface area contributed by atoms with Gasteiger partial charge in [0.15, 0.2) is 5.75 Å². The number of aliphatic hydroxyl groups excluding tert-OH is 1. The summed E-state index contributed by atoms with van der Waals surface area (Å²) < 4.78 is 0. The third-order valence-electron chi connectivity index (χ3n) is 2.77. The second-order valence-electron chi connectivity index (χ2n) is 4.15. The first kappa shape index (κ1) is 13.6. The third kappa shape index (κ3) is 3.36. The maximum Gasteiger partial charge on any atom is 0.267 e. The van der Waals surface area contributed by atoms with Gasteiger partial charge in [0.25, 0.3) is 5.91 Å². The van der Waals surface area contributed by atoms with Crippen molar-refractivity contribution in [2.75, 3.05) is 6.54 Å². The highest BCUT2D eigenvalue weighted by Crippen LogP contribution is 2.16. The van der Waals surface area contributed by atoms with Crippen molar-refractivity contribution in [3.63, 3.8) is 0 Å². The Hall–Kier alpha value is -1.79. The van der Waals surface area contributed by atoms with E-state index in [1.165, 1.54) is 0 Å². The summed E-state index contributed by atoms with van der Waals surface area (Å²) in [6.45, 7) is 0.363. The zero-order chi connectivity index (χ0) is 13.8. The van der Waals surface area contributed by atoms with Gasteiger partial charge in [-0.15, -0.1) is 0 Å². The van der Waals surface area contributed by atoms with Crippen LogP contribution in [0.3, 0.4) is 0 Å². The monoisotopic (exact) mass is 284 g/mol. The highest BCUT2D eigenvalue weighted by Gasteiger charge is 2.37. The van der Waals surface area contributed by atoms with Crippen LogP contribution in [-0.2, 0) is 9.59 Å². The van der Waals surface area contributed by atoms with E-state index in [9.17, 15) is 14.7 Å². The molecule has 2 amide bonds. The summed E-state index contributed by atoms with van der Waals surface area (Å²) in [5.74, 6) is -1.96. The Kier molecular flexibility index (Phi) is 4.24. The van der Waals surface area contributed by atoms with Crippen LogP contribution in [0.4, 0.5) is 0 Å². The number of benzene rings is 1. The van der Waals surface area contributed by atoms with Gasteiger partial charge < -0.3 is 15.3 Å². The number of aliphatic hydroxyl groups is 1. The molecule has 6 nitrogen and oxygen atoms in total. The topological polar surface area (TPSA) is 87.7 Å². The number of piperidine rings is 1. The molecule has 2 rings (SSSR count). The fraction of sp³-hybridized carbons (Fsp3) is 0.333. The van der Waals surface area contributed by atoms with Crippen LogP contribution in [0.1, 0.15) is 6.42 Å². The molecule has 0 radical (unpaired) electrons. The molecule has 1 aromatic carbocycles. The normalized spacial score (nSPS) is 22.5. The molecule has 1 saturated heterocycles. The molecule has 1 fully saturated rings. The highest BCUT2D eigenvalue weighted by molar-refractivity contribution is 6.30. The Balaban J connectivity index is 1.93. The first-order chi connectivity index (χ1) is 9.08. The van der Waals surface area contributed by atoms with Crippen molar-refractivity contribution in [3.05, 3.63) is 29.3 Å². The van der Waals surface area contributed by atoms with E-state index in [2.05, 4.69) is 10.8 Å². The SMILES string of the molecule is O=C1NCCC(O)C1C(=O)NOc1ccc(Cl)cc1. The molecule has 3 N–H and O–H groups in total. The molecular formula is C12H13ClN2O4. The second-order valence-corrected chi connectivity index (χ2v) is 4.58. The molecule has 0 aliphatic carbocycles. The van der Waals surface area contributed by atoms with Crippen molar-refractivity contribution >= 4 is 23.4 Å². The smallest absolute Gasteiger partial charge is 0.267 e. The van der Waals surface area contributed by atoms with Gasteiger partial charge in [0.05, 0.1) is 6.10 Å². The van der Waals surface area contributed by atoms with E-state index in [0.717, 1.165) is 0 Å². The van der Waals surface area contributed by atoms with Gasteiger partial charge >= 0.3 is 0 Å². The summed E-state index contributed by atoms with van der Waals surface area (Å²) in [7, 11) is 0. The van der Waals surface area contributed by atoms with E-state index in [4.69, 9.17) is 16.4 Å². The van der Waals surface area contributed by atoms with Crippen molar-refractivity contribution in [2.45, 2.75) is 12.5 Å². The van der Waals surface area contributed by atoms with Gasteiger partial charge in [-0.05, 0) is 30.7 Å². The standard InChI is InChI=1S/C12H13ClN2O4/c13-7-1-3-8(4-2-7)19-15-12(18)10-9(16)5-6-14-11(10)17/h1-4,9-10,16H,5-6H2,(H,14,17)(H,15,18). The molecule has 2 atom stereocenters. The lowest BCUT2D eigenvalue weighted by molar-refractivity contribution is -0.146. The number of hydroxylamine groups is 1. The first-order valence-electron chi connectivity index (χ1n) is 5.76. The van der Waals surface area contributed by atoms with E-state index in [-0.39, 0.29) is 0 Å². The van der Waals surface area contributed by atoms with Crippen LogP contribution in [0, 0.1) is 5.92 Å². The van der Waals surface area contributed by atoms with Crippen LogP contribution in [0.5, 0.6) is 5.75 Å². The lowest BCUT2D eigenvalue weighted by Crippen LogP contribution is -2.52. The van der Waals surface area contributed by atoms with Crippen LogP contribution in [0.2, 0.25) is 5.02 Å². The average molecular weight is 285 g/mol. The minimum atomic E-state index is -1.15. The molecule has 1 aliphatic heterocycles. The summed E-state index contributed by atoms with van der Waals surface area (Å²) in [5.41, 5.74) is 2.15. The minimum absolute atomic E-state index is 0.338. The summed E-state index contributed by atoms with van der Waals surface area (Å²) >= 11 is 5.71. The fourth-order valence-electron chi connectivity index (χ4n) is 1.76. The van der Waals surface area contributed by atoms with Crippen molar-refractivity contribution < 1.29 is 19.5 Å². The van der Waals surface area contributed by atoms with E-state index >= 15 is 0 Å². The molecular weight excluding hydrogens is 272 g/mol. The molecule has 7 heteroatoms. The quantitative estimate of drug-likeness (QED) is 0.548. The number of amides is 2. The van der Waals surface area contributed by atoms with Crippen molar-refractivity contribution in [1.29, 1.82) is 0 Å². The van der Waals surface area contributed by atoms with Gasteiger partial charge in [-0.25, -0.2) is 0 Å². The fourth-order valence-corrected chi connectivity index (χ4v) is 1.89. The summed E-state index contributed by atoms with van der Waals surface area (Å²) in [5, 5.41) is 12.7. The maximum atomic E-state index is 11.8. The largest absolute Gasteiger partial charge is 0.392 e. The zero-order valence-corrected chi connectivity index (χ0v) is 10.7. The number of rotatable bonds is 3. The molecule has 1 aromatic rings. The van der Waals surface area contributed by atoms with Crippen molar-refractivity contribution in [3.8, 4) is 5.75 Å². The van der Waals surface area contributed by atoms with Crippen LogP contribution in [-0.4, -0.2) is 29.6 Å². The average Bonchev–Trinajstić information content (AvgIpc) is 2.38. The van der Waals surface area contributed by atoms with E-state index in [1.54, 1.807) is 24.3 Å². The predicted octanol–water partition coefficient (Wildman–Crippen LogP) is 0.247. The Bertz CT molecular complexity index is 477. The maximum absolute atomic E-state index is 11.8. The molecule has 1 heterocycles. The van der Waals surface area contributed by atoms with Gasteiger partial charge in [-0.2, -0.15) is 5.48 Å². The van der Waals surface area contributed by atoms with Crippen molar-refractivity contribution in [1.82, 2.24) is 10.8 Å². The molecule has 1 aliphatic rings. The second kappa shape index (κ2) is 5.90. The van der Waals surface area contributed by atoms with Gasteiger partial charge in [0, 0.05) is 11.6 Å². The summed E-state index contributed by atoms with van der Waals surface area (Å²) in [6.07, 6.45) is -0.660. The molecule has 0 aromatic heterocycles. The van der Waals surface area contributed by atoms with Gasteiger partial charge in [-0.1, -0.05) is 11.6 Å². The lowest BCUT2D eigenvalue weighted by Gasteiger charge is -2.25. The van der Waals surface area contributed by atoms with Crippen LogP contribution < -0.4 is 15.6 Å². The number of carbonyl (C=O) groups is 2. The number of carbonyl (C=O) groups excluding carboxylic acids is 2. The predicted molar refractivity (Wildman–Crippen MR) is 67.3 cm³/mol. The summed E-state index contributed by atoms with van der Waals surface area (Å²) in [6, 6.07) is 6.34. The van der Waals surface area contributed by atoms with E-state index in [0.29, 0.717) is 23.7 Å². The summed E-state index contributed by atoms with van der Waals surface area (Å²) in [4.78, 5) is 28.3. The van der Waals surface area contributed by atoms with Crippen LogP contribution >= 0.6 is 11.6 Å². The third-order valence-corrected chi connectivity index (χ3v) is 3.02. The molecule has 0 spiro atoms. The number of hydrogen-bond acceptors (Lipinski definition) is 4. The van der Waals surface area contributed by atoms with E-state index < -0.39 is 23.8 Å². The molecule has 2 unspecified atom stereocenters. The minimum Gasteiger partial charge on any atom is -0.392 e. The highest BCUT2D eigenvalue weighted by atomic mass is 35.5. The Morgan fingerprint density at radius 2 is 2.11 bits per heavy atom. The van der Waals surface area contributed by atoms with Gasteiger partial charge in [-0.3, -0.25) is 9.59 Å². The number of halogens is 1. The Morgan fingerprint density at radius 3 is 2.74 bits per heavy atom.